The van der Waals surface area contributed by atoms with E-state index in [0.29, 0.717) is 5.82 Å². The quantitative estimate of drug-likeness (QED) is 0.408. The lowest BCUT2D eigenvalue weighted by Gasteiger charge is -2.07. The van der Waals surface area contributed by atoms with Gasteiger partial charge in [0.05, 0.1) is 12.8 Å². The fourth-order valence-electron chi connectivity index (χ4n) is 3.23. The number of hydrogen-bond donors (Lipinski definition) is 1. The molecule has 1 N–H and O–H groups in total. The van der Waals surface area contributed by atoms with Crippen LogP contribution in [0.1, 0.15) is 21.7 Å². The molecular weight excluding hydrogens is 456 g/mol. The van der Waals surface area contributed by atoms with E-state index in [-0.39, 0.29) is 11.7 Å². The third-order valence-corrected chi connectivity index (χ3v) is 5.39. The van der Waals surface area contributed by atoms with Gasteiger partial charge in [-0.3, -0.25) is 4.79 Å². The Morgan fingerprint density at radius 3 is 2.35 bits per heavy atom. The molecule has 0 aliphatic rings. The van der Waals surface area contributed by atoms with Gasteiger partial charge in [0.15, 0.2) is 5.82 Å². The number of ether oxygens (including phenoxy) is 1. The molecule has 1 amide bonds. The Labute approximate surface area is 189 Å². The van der Waals surface area contributed by atoms with Crippen molar-refractivity contribution in [1.29, 1.82) is 0 Å². The van der Waals surface area contributed by atoms with Crippen molar-refractivity contribution in [2.45, 2.75) is 13.8 Å². The third-order valence-electron chi connectivity index (χ3n) is 4.86. The highest BCUT2D eigenvalue weighted by Crippen LogP contribution is 2.25. The van der Waals surface area contributed by atoms with E-state index in [9.17, 15) is 4.79 Å². The molecule has 31 heavy (non-hydrogen) atoms. The Bertz CT molecular complexity index is 1230. The summed E-state index contributed by atoms with van der Waals surface area (Å²) >= 11 is 3.45. The van der Waals surface area contributed by atoms with Crippen LogP contribution in [0.15, 0.2) is 71.2 Å². The van der Waals surface area contributed by atoms with Crippen LogP contribution in [0.3, 0.4) is 0 Å². The SMILES string of the molecule is COc1ccc(-n2nc(C(=O)Nc3ccc(C)cc3C)nc2-c2ccc(Br)cc2)cc1. The van der Waals surface area contributed by atoms with Crippen LogP contribution in [0.5, 0.6) is 5.75 Å². The number of nitrogens with zero attached hydrogens (tertiary/aromatic N) is 3. The van der Waals surface area contributed by atoms with Gasteiger partial charge in [-0.2, -0.15) is 0 Å². The molecule has 156 valence electrons. The zero-order valence-electron chi connectivity index (χ0n) is 17.4. The minimum Gasteiger partial charge on any atom is -0.497 e. The van der Waals surface area contributed by atoms with Crippen molar-refractivity contribution in [3.8, 4) is 22.8 Å². The maximum atomic E-state index is 13.0. The fraction of sp³-hybridized carbons (Fsp3) is 0.125. The highest BCUT2D eigenvalue weighted by Gasteiger charge is 2.19. The number of aryl methyl sites for hydroxylation is 2. The maximum absolute atomic E-state index is 13.0. The van der Waals surface area contributed by atoms with E-state index >= 15 is 0 Å². The van der Waals surface area contributed by atoms with Crippen LogP contribution in [-0.2, 0) is 0 Å². The summed E-state index contributed by atoms with van der Waals surface area (Å²) < 4.78 is 7.87. The van der Waals surface area contributed by atoms with Crippen LogP contribution >= 0.6 is 15.9 Å². The average molecular weight is 477 g/mol. The highest BCUT2D eigenvalue weighted by atomic mass is 79.9. The predicted molar refractivity (Wildman–Crippen MR) is 125 cm³/mol. The van der Waals surface area contributed by atoms with Gasteiger partial charge in [-0.25, -0.2) is 9.67 Å². The number of hydrogen-bond acceptors (Lipinski definition) is 4. The minimum atomic E-state index is -0.363. The molecule has 0 saturated heterocycles. The molecule has 0 radical (unpaired) electrons. The van der Waals surface area contributed by atoms with Crippen molar-refractivity contribution in [3.05, 3.63) is 88.2 Å². The molecule has 0 bridgehead atoms. The summed E-state index contributed by atoms with van der Waals surface area (Å²) in [6.07, 6.45) is 0. The van der Waals surface area contributed by atoms with Gasteiger partial charge in [0.25, 0.3) is 5.91 Å². The molecular formula is C24H21BrN4O2. The highest BCUT2D eigenvalue weighted by molar-refractivity contribution is 9.10. The summed E-state index contributed by atoms with van der Waals surface area (Å²) in [4.78, 5) is 17.5. The summed E-state index contributed by atoms with van der Waals surface area (Å²) in [6.45, 7) is 3.97. The third kappa shape index (κ3) is 4.51. The van der Waals surface area contributed by atoms with Crippen LogP contribution in [0, 0.1) is 13.8 Å². The molecule has 3 aromatic carbocycles. The molecule has 0 saturated carbocycles. The molecule has 0 aliphatic heterocycles. The van der Waals surface area contributed by atoms with E-state index in [0.717, 1.165) is 38.3 Å². The lowest BCUT2D eigenvalue weighted by atomic mass is 10.1. The van der Waals surface area contributed by atoms with Gasteiger partial charge in [-0.05, 0) is 61.9 Å². The fourth-order valence-corrected chi connectivity index (χ4v) is 3.49. The Morgan fingerprint density at radius 1 is 1.00 bits per heavy atom. The molecule has 0 atom stereocenters. The zero-order chi connectivity index (χ0) is 22.0. The summed E-state index contributed by atoms with van der Waals surface area (Å²) in [6, 6.07) is 21.0. The number of nitrogens with one attached hydrogen (secondary N) is 1. The molecule has 0 fully saturated rings. The summed E-state index contributed by atoms with van der Waals surface area (Å²) in [5, 5.41) is 7.44. The van der Waals surface area contributed by atoms with Crippen LogP contribution in [-0.4, -0.2) is 27.8 Å². The largest absolute Gasteiger partial charge is 0.497 e. The zero-order valence-corrected chi connectivity index (χ0v) is 19.0. The van der Waals surface area contributed by atoms with Gasteiger partial charge in [0.1, 0.15) is 5.75 Å². The molecule has 6 nitrogen and oxygen atoms in total. The first-order chi connectivity index (χ1) is 14.9. The van der Waals surface area contributed by atoms with Crippen LogP contribution < -0.4 is 10.1 Å². The number of carbonyl (C=O) groups is 1. The lowest BCUT2D eigenvalue weighted by Crippen LogP contribution is -2.15. The number of benzene rings is 3. The standard InChI is InChI=1S/C24H21BrN4O2/c1-15-4-13-21(16(2)14-15)26-24(30)22-27-23(17-5-7-18(25)8-6-17)29(28-22)19-9-11-20(31-3)12-10-19/h4-14H,1-3H3,(H,26,30). The Kier molecular flexibility index (Phi) is 5.86. The minimum absolute atomic E-state index is 0.0914. The number of anilines is 1. The first kappa shape index (κ1) is 20.8. The topological polar surface area (TPSA) is 69.0 Å². The second-order valence-corrected chi connectivity index (χ2v) is 8.06. The Morgan fingerprint density at radius 2 is 1.71 bits per heavy atom. The molecule has 4 rings (SSSR count). The summed E-state index contributed by atoms with van der Waals surface area (Å²) in [7, 11) is 1.62. The van der Waals surface area contributed by atoms with Gasteiger partial charge in [0.2, 0.25) is 5.82 Å². The van der Waals surface area contributed by atoms with Crippen molar-refractivity contribution in [2.24, 2.45) is 0 Å². The van der Waals surface area contributed by atoms with E-state index in [1.807, 2.05) is 80.6 Å². The predicted octanol–water partition coefficient (Wildman–Crippen LogP) is 5.57. The van der Waals surface area contributed by atoms with E-state index in [4.69, 9.17) is 4.74 Å². The van der Waals surface area contributed by atoms with E-state index in [2.05, 4.69) is 31.3 Å². The molecule has 1 heterocycles. The van der Waals surface area contributed by atoms with Crippen LogP contribution in [0.4, 0.5) is 5.69 Å². The number of halogens is 1. The van der Waals surface area contributed by atoms with Gasteiger partial charge in [-0.15, -0.1) is 5.10 Å². The Hall–Kier alpha value is -3.45. The molecule has 0 unspecified atom stereocenters. The molecule has 1 aromatic heterocycles. The van der Waals surface area contributed by atoms with Gasteiger partial charge >= 0.3 is 0 Å². The number of aromatic nitrogens is 3. The van der Waals surface area contributed by atoms with Crippen molar-refractivity contribution in [3.63, 3.8) is 0 Å². The van der Waals surface area contributed by atoms with E-state index in [1.54, 1.807) is 11.8 Å². The van der Waals surface area contributed by atoms with E-state index < -0.39 is 0 Å². The summed E-state index contributed by atoms with van der Waals surface area (Å²) in [5.74, 6) is 1.04. The normalized spacial score (nSPS) is 10.7. The number of methoxy groups -OCH3 is 1. The van der Waals surface area contributed by atoms with Gasteiger partial charge in [0, 0.05) is 15.7 Å². The number of amides is 1. The first-order valence-electron chi connectivity index (χ1n) is 9.70. The molecule has 0 aliphatic carbocycles. The smallest absolute Gasteiger partial charge is 0.295 e. The average Bonchev–Trinajstić information content (AvgIpc) is 3.22. The van der Waals surface area contributed by atoms with Crippen molar-refractivity contribution in [1.82, 2.24) is 14.8 Å². The second kappa shape index (κ2) is 8.73. The van der Waals surface area contributed by atoms with Gasteiger partial charge < -0.3 is 10.1 Å². The maximum Gasteiger partial charge on any atom is 0.295 e. The van der Waals surface area contributed by atoms with Crippen molar-refractivity contribution < 1.29 is 9.53 Å². The Balaban J connectivity index is 1.74. The second-order valence-electron chi connectivity index (χ2n) is 7.15. The monoisotopic (exact) mass is 476 g/mol. The molecule has 7 heteroatoms. The van der Waals surface area contributed by atoms with Crippen molar-refractivity contribution in [2.75, 3.05) is 12.4 Å². The van der Waals surface area contributed by atoms with Crippen molar-refractivity contribution >= 4 is 27.5 Å². The first-order valence-corrected chi connectivity index (χ1v) is 10.5. The lowest BCUT2D eigenvalue weighted by molar-refractivity contribution is 0.101. The summed E-state index contributed by atoms with van der Waals surface area (Å²) in [5.41, 5.74) is 4.47. The van der Waals surface area contributed by atoms with Gasteiger partial charge in [-0.1, -0.05) is 45.8 Å². The van der Waals surface area contributed by atoms with Crippen LogP contribution in [0.2, 0.25) is 0 Å². The van der Waals surface area contributed by atoms with Crippen LogP contribution in [0.25, 0.3) is 17.1 Å². The molecule has 0 spiro atoms. The molecule has 4 aromatic rings. The van der Waals surface area contributed by atoms with E-state index in [1.165, 1.54) is 0 Å². The number of rotatable bonds is 5. The number of carbonyl (C=O) groups excluding carboxylic acids is 1.